The first-order valence-electron chi connectivity index (χ1n) is 11.8. The Hall–Kier alpha value is -3.52. The second-order valence-corrected chi connectivity index (χ2v) is 9.33. The van der Waals surface area contributed by atoms with Gasteiger partial charge in [0, 0.05) is 17.6 Å². The number of hydrogen-bond acceptors (Lipinski definition) is 6. The largest absolute Gasteiger partial charge is 0.497 e. The van der Waals surface area contributed by atoms with Gasteiger partial charge in [0.15, 0.2) is 5.82 Å². The first-order valence-corrected chi connectivity index (χ1v) is 11.8. The average Bonchev–Trinajstić information content (AvgIpc) is 3.28. The average molecular weight is 459 g/mol. The highest BCUT2D eigenvalue weighted by atomic mass is 16.5. The van der Waals surface area contributed by atoms with Crippen molar-refractivity contribution in [3.05, 3.63) is 81.4 Å². The molecule has 0 spiro atoms. The number of hydrogen-bond donors (Lipinski definition) is 1. The van der Waals surface area contributed by atoms with Crippen molar-refractivity contribution in [3.63, 3.8) is 0 Å². The fourth-order valence-electron chi connectivity index (χ4n) is 4.93. The SMILES string of the molecule is COc1ccc(Cn2nnnc2C(c2cc3cc(C)ccc3[nH]c2=O)N2CCCC(C)C2)cc1. The summed E-state index contributed by atoms with van der Waals surface area (Å²) in [5, 5.41) is 13.8. The molecule has 2 aromatic heterocycles. The first kappa shape index (κ1) is 22.3. The van der Waals surface area contributed by atoms with E-state index >= 15 is 0 Å². The molecule has 1 aliphatic rings. The van der Waals surface area contributed by atoms with Crippen LogP contribution in [0.25, 0.3) is 10.9 Å². The molecular formula is C26H30N6O2. The highest BCUT2D eigenvalue weighted by molar-refractivity contribution is 5.79. The monoisotopic (exact) mass is 458 g/mol. The summed E-state index contributed by atoms with van der Waals surface area (Å²) < 4.78 is 7.09. The zero-order valence-electron chi connectivity index (χ0n) is 19.9. The van der Waals surface area contributed by atoms with Gasteiger partial charge in [-0.15, -0.1) is 5.10 Å². The molecular weight excluding hydrogens is 428 g/mol. The van der Waals surface area contributed by atoms with Gasteiger partial charge in [0.2, 0.25) is 0 Å². The van der Waals surface area contributed by atoms with E-state index in [2.05, 4.69) is 45.3 Å². The van der Waals surface area contributed by atoms with Crippen LogP contribution in [0.4, 0.5) is 0 Å². The van der Waals surface area contributed by atoms with Crippen LogP contribution in [0.15, 0.2) is 53.3 Å². The van der Waals surface area contributed by atoms with Crippen molar-refractivity contribution < 1.29 is 4.74 Å². The summed E-state index contributed by atoms with van der Waals surface area (Å²) in [6.45, 7) is 6.62. The van der Waals surface area contributed by atoms with Crippen LogP contribution < -0.4 is 10.3 Å². The van der Waals surface area contributed by atoms with E-state index in [-0.39, 0.29) is 11.6 Å². The van der Waals surface area contributed by atoms with Crippen LogP contribution in [-0.4, -0.2) is 50.3 Å². The summed E-state index contributed by atoms with van der Waals surface area (Å²) in [5.41, 5.74) is 3.63. The number of nitrogens with one attached hydrogen (secondary N) is 1. The number of H-pyrrole nitrogens is 1. The van der Waals surface area contributed by atoms with Crippen LogP contribution >= 0.6 is 0 Å². The third-order valence-electron chi connectivity index (χ3n) is 6.67. The maximum atomic E-state index is 13.3. The van der Waals surface area contributed by atoms with Crippen molar-refractivity contribution in [2.45, 2.75) is 39.3 Å². The van der Waals surface area contributed by atoms with Gasteiger partial charge in [0.1, 0.15) is 11.8 Å². The molecule has 0 bridgehead atoms. The molecule has 0 amide bonds. The number of nitrogens with zero attached hydrogens (tertiary/aromatic N) is 5. The van der Waals surface area contributed by atoms with E-state index in [4.69, 9.17) is 4.74 Å². The van der Waals surface area contributed by atoms with Crippen LogP contribution in [0, 0.1) is 12.8 Å². The van der Waals surface area contributed by atoms with Gasteiger partial charge in [-0.05, 0) is 83.9 Å². The number of aromatic amines is 1. The third kappa shape index (κ3) is 4.46. The van der Waals surface area contributed by atoms with Crippen molar-refractivity contribution >= 4 is 10.9 Å². The number of aromatic nitrogens is 5. The molecule has 8 heteroatoms. The minimum atomic E-state index is -0.329. The number of methoxy groups -OCH3 is 1. The number of aryl methyl sites for hydroxylation is 1. The van der Waals surface area contributed by atoms with Crippen LogP contribution in [0.1, 0.15) is 48.3 Å². The smallest absolute Gasteiger partial charge is 0.253 e. The Morgan fingerprint density at radius 1 is 1.18 bits per heavy atom. The van der Waals surface area contributed by atoms with E-state index in [0.29, 0.717) is 23.9 Å². The summed E-state index contributed by atoms with van der Waals surface area (Å²) in [7, 11) is 1.65. The molecule has 4 aromatic rings. The van der Waals surface area contributed by atoms with Crippen molar-refractivity contribution in [2.75, 3.05) is 20.2 Å². The number of rotatable bonds is 6. The van der Waals surface area contributed by atoms with E-state index in [0.717, 1.165) is 47.3 Å². The van der Waals surface area contributed by atoms with Gasteiger partial charge in [-0.3, -0.25) is 9.69 Å². The summed E-state index contributed by atoms with van der Waals surface area (Å²) in [5.74, 6) is 2.03. The van der Waals surface area contributed by atoms with Crippen molar-refractivity contribution in [2.24, 2.45) is 5.92 Å². The second kappa shape index (κ2) is 9.38. The number of fused-ring (bicyclic) bond motifs is 1. The Labute approximate surface area is 198 Å². The molecule has 1 saturated heterocycles. The Kier molecular flexibility index (Phi) is 6.15. The van der Waals surface area contributed by atoms with Gasteiger partial charge < -0.3 is 9.72 Å². The van der Waals surface area contributed by atoms with E-state index in [1.807, 2.05) is 47.1 Å². The first-order chi connectivity index (χ1) is 16.5. The fourth-order valence-corrected chi connectivity index (χ4v) is 4.93. The standard InChI is InChI=1S/C26H30N6O2/c1-17-6-11-23-20(13-17)14-22(26(33)27-23)24(31-12-4-5-18(2)15-31)25-28-29-30-32(25)16-19-7-9-21(34-3)10-8-19/h6-11,13-14,18,24H,4-5,12,15-16H2,1-3H3,(H,27,33). The molecule has 1 aliphatic heterocycles. The van der Waals surface area contributed by atoms with E-state index in [9.17, 15) is 4.79 Å². The molecule has 2 atom stereocenters. The maximum Gasteiger partial charge on any atom is 0.253 e. The summed E-state index contributed by atoms with van der Waals surface area (Å²) >= 11 is 0. The molecule has 2 aromatic carbocycles. The lowest BCUT2D eigenvalue weighted by Crippen LogP contribution is -2.41. The molecule has 0 saturated carbocycles. The lowest BCUT2D eigenvalue weighted by molar-refractivity contribution is 0.141. The van der Waals surface area contributed by atoms with Crippen molar-refractivity contribution in [1.82, 2.24) is 30.1 Å². The Morgan fingerprint density at radius 3 is 2.76 bits per heavy atom. The quantitative estimate of drug-likeness (QED) is 0.474. The number of pyridine rings is 1. The molecule has 2 unspecified atom stereocenters. The van der Waals surface area contributed by atoms with E-state index in [1.165, 1.54) is 6.42 Å². The van der Waals surface area contributed by atoms with E-state index < -0.39 is 0 Å². The van der Waals surface area contributed by atoms with E-state index in [1.54, 1.807) is 7.11 Å². The number of tetrazole rings is 1. The van der Waals surface area contributed by atoms with Gasteiger partial charge in [-0.2, -0.15) is 0 Å². The minimum absolute atomic E-state index is 0.0985. The lowest BCUT2D eigenvalue weighted by Gasteiger charge is -2.36. The van der Waals surface area contributed by atoms with Gasteiger partial charge in [0.25, 0.3) is 5.56 Å². The van der Waals surface area contributed by atoms with Gasteiger partial charge in [0.05, 0.1) is 13.7 Å². The molecule has 1 N–H and O–H groups in total. The topological polar surface area (TPSA) is 88.9 Å². The van der Waals surface area contributed by atoms with Crippen molar-refractivity contribution in [1.29, 1.82) is 0 Å². The van der Waals surface area contributed by atoms with Crippen LogP contribution in [0.2, 0.25) is 0 Å². The Balaban J connectivity index is 1.59. The maximum absolute atomic E-state index is 13.3. The Bertz CT molecular complexity index is 1340. The minimum Gasteiger partial charge on any atom is -0.497 e. The zero-order chi connectivity index (χ0) is 23.7. The normalized spacial score (nSPS) is 17.7. The second-order valence-electron chi connectivity index (χ2n) is 9.33. The number of piperidine rings is 1. The highest BCUT2D eigenvalue weighted by Crippen LogP contribution is 2.31. The molecule has 1 fully saturated rings. The number of ether oxygens (including phenoxy) is 1. The lowest BCUT2D eigenvalue weighted by atomic mass is 9.95. The number of benzene rings is 2. The van der Waals surface area contributed by atoms with Gasteiger partial charge in [-0.25, -0.2) is 4.68 Å². The van der Waals surface area contributed by atoms with Crippen molar-refractivity contribution in [3.8, 4) is 5.75 Å². The molecule has 176 valence electrons. The molecule has 0 aliphatic carbocycles. The molecule has 0 radical (unpaired) electrons. The predicted octanol–water partition coefficient (Wildman–Crippen LogP) is 3.70. The molecule has 5 rings (SSSR count). The van der Waals surface area contributed by atoms with Gasteiger partial charge >= 0.3 is 0 Å². The fraction of sp³-hybridized carbons (Fsp3) is 0.385. The summed E-state index contributed by atoms with van der Waals surface area (Å²) in [4.78, 5) is 18.8. The zero-order valence-corrected chi connectivity index (χ0v) is 19.9. The number of likely N-dealkylation sites (tertiary alicyclic amines) is 1. The van der Waals surface area contributed by atoms with Gasteiger partial charge in [-0.1, -0.05) is 30.7 Å². The van der Waals surface area contributed by atoms with Crippen LogP contribution in [0.5, 0.6) is 5.75 Å². The van der Waals surface area contributed by atoms with Crippen LogP contribution in [0.3, 0.4) is 0 Å². The third-order valence-corrected chi connectivity index (χ3v) is 6.67. The predicted molar refractivity (Wildman–Crippen MR) is 131 cm³/mol. The molecule has 34 heavy (non-hydrogen) atoms. The summed E-state index contributed by atoms with van der Waals surface area (Å²) in [6, 6.07) is 15.6. The Morgan fingerprint density at radius 2 is 2.00 bits per heavy atom. The highest BCUT2D eigenvalue weighted by Gasteiger charge is 2.32. The van der Waals surface area contributed by atoms with Crippen LogP contribution in [-0.2, 0) is 6.54 Å². The molecule has 8 nitrogen and oxygen atoms in total. The molecule has 3 heterocycles. The summed E-state index contributed by atoms with van der Waals surface area (Å²) in [6.07, 6.45) is 2.27.